The maximum absolute atomic E-state index is 5.97. The Morgan fingerprint density at radius 3 is 2.63 bits per heavy atom. The molecule has 0 aliphatic rings. The Labute approximate surface area is 122 Å². The summed E-state index contributed by atoms with van der Waals surface area (Å²) >= 11 is 5.97. The maximum Gasteiger partial charge on any atom is 0.119 e. The molecule has 1 aromatic carbocycles. The van der Waals surface area contributed by atoms with Crippen molar-refractivity contribution in [2.75, 3.05) is 19.7 Å². The second-order valence-corrected chi connectivity index (χ2v) is 5.33. The second kappa shape index (κ2) is 10.1. The van der Waals surface area contributed by atoms with E-state index in [9.17, 15) is 0 Å². The highest BCUT2D eigenvalue weighted by Gasteiger charge is 1.98. The van der Waals surface area contributed by atoms with E-state index in [-0.39, 0.29) is 0 Å². The van der Waals surface area contributed by atoms with Gasteiger partial charge in [0, 0.05) is 11.6 Å². The first-order valence-corrected chi connectivity index (χ1v) is 7.71. The van der Waals surface area contributed by atoms with Gasteiger partial charge in [0.2, 0.25) is 0 Å². The molecular formula is C16H26ClNO. The van der Waals surface area contributed by atoms with Crippen LogP contribution >= 0.6 is 11.6 Å². The van der Waals surface area contributed by atoms with Crippen molar-refractivity contribution in [3.8, 4) is 5.75 Å². The van der Waals surface area contributed by atoms with Crippen LogP contribution in [0, 0.1) is 6.92 Å². The van der Waals surface area contributed by atoms with Crippen molar-refractivity contribution < 1.29 is 4.74 Å². The SMILES string of the molecule is CCCCCCCNCCOc1ccc(Cl)c(C)c1. The number of hydrogen-bond acceptors (Lipinski definition) is 2. The van der Waals surface area contributed by atoms with Gasteiger partial charge in [-0.2, -0.15) is 0 Å². The Hall–Kier alpha value is -0.730. The summed E-state index contributed by atoms with van der Waals surface area (Å²) in [6.07, 6.45) is 6.62. The number of rotatable bonds is 10. The maximum atomic E-state index is 5.97. The predicted molar refractivity (Wildman–Crippen MR) is 83.3 cm³/mol. The van der Waals surface area contributed by atoms with Crippen molar-refractivity contribution in [1.29, 1.82) is 0 Å². The molecule has 0 spiro atoms. The minimum absolute atomic E-state index is 0.704. The molecule has 0 saturated heterocycles. The summed E-state index contributed by atoms with van der Waals surface area (Å²) in [6.45, 7) is 6.93. The van der Waals surface area contributed by atoms with Crippen LogP contribution in [0.25, 0.3) is 0 Å². The number of benzene rings is 1. The molecule has 0 saturated carbocycles. The van der Waals surface area contributed by atoms with E-state index >= 15 is 0 Å². The third kappa shape index (κ3) is 7.44. The van der Waals surface area contributed by atoms with E-state index in [1.54, 1.807) is 0 Å². The molecule has 0 aliphatic heterocycles. The Morgan fingerprint density at radius 2 is 1.89 bits per heavy atom. The lowest BCUT2D eigenvalue weighted by atomic mass is 10.1. The van der Waals surface area contributed by atoms with Crippen LogP contribution in [0.2, 0.25) is 5.02 Å². The standard InChI is InChI=1S/C16H26ClNO/c1-3-4-5-6-7-10-18-11-12-19-15-8-9-16(17)14(2)13-15/h8-9,13,18H,3-7,10-12H2,1-2H3. The van der Waals surface area contributed by atoms with Crippen LogP contribution in [-0.2, 0) is 0 Å². The Morgan fingerprint density at radius 1 is 1.11 bits per heavy atom. The Balaban J connectivity index is 2.00. The summed E-state index contributed by atoms with van der Waals surface area (Å²) in [4.78, 5) is 0. The van der Waals surface area contributed by atoms with Crippen molar-refractivity contribution in [3.63, 3.8) is 0 Å². The molecule has 2 nitrogen and oxygen atoms in total. The fourth-order valence-corrected chi connectivity index (χ4v) is 2.04. The van der Waals surface area contributed by atoms with Gasteiger partial charge in [0.05, 0.1) is 0 Å². The number of ether oxygens (including phenoxy) is 1. The highest BCUT2D eigenvalue weighted by Crippen LogP contribution is 2.20. The largest absolute Gasteiger partial charge is 0.492 e. The van der Waals surface area contributed by atoms with Crippen LogP contribution in [-0.4, -0.2) is 19.7 Å². The van der Waals surface area contributed by atoms with Crippen molar-refractivity contribution >= 4 is 11.6 Å². The summed E-state index contributed by atoms with van der Waals surface area (Å²) < 4.78 is 5.67. The van der Waals surface area contributed by atoms with Crippen LogP contribution in [0.3, 0.4) is 0 Å². The summed E-state index contributed by atoms with van der Waals surface area (Å²) in [6, 6.07) is 5.78. The average molecular weight is 284 g/mol. The molecule has 0 bridgehead atoms. The fourth-order valence-electron chi connectivity index (χ4n) is 1.93. The number of unbranched alkanes of at least 4 members (excludes halogenated alkanes) is 4. The van der Waals surface area contributed by atoms with Crippen molar-refractivity contribution in [2.45, 2.75) is 46.0 Å². The molecule has 1 N–H and O–H groups in total. The number of aryl methyl sites for hydroxylation is 1. The van der Waals surface area contributed by atoms with Crippen LogP contribution in [0.15, 0.2) is 18.2 Å². The lowest BCUT2D eigenvalue weighted by molar-refractivity contribution is 0.313. The minimum Gasteiger partial charge on any atom is -0.492 e. The topological polar surface area (TPSA) is 21.3 Å². The zero-order valence-electron chi connectivity index (χ0n) is 12.2. The van der Waals surface area contributed by atoms with Crippen LogP contribution in [0.4, 0.5) is 0 Å². The van der Waals surface area contributed by atoms with Gasteiger partial charge in [-0.15, -0.1) is 0 Å². The van der Waals surface area contributed by atoms with Gasteiger partial charge in [0.1, 0.15) is 12.4 Å². The van der Waals surface area contributed by atoms with E-state index in [0.29, 0.717) is 6.61 Å². The number of halogens is 1. The third-order valence-corrected chi connectivity index (χ3v) is 3.56. The first kappa shape index (κ1) is 16.3. The molecule has 0 unspecified atom stereocenters. The predicted octanol–water partition coefficient (Wildman–Crippen LogP) is 4.59. The summed E-state index contributed by atoms with van der Waals surface area (Å²) in [7, 11) is 0. The molecule has 3 heteroatoms. The monoisotopic (exact) mass is 283 g/mol. The summed E-state index contributed by atoms with van der Waals surface area (Å²) in [5.41, 5.74) is 1.06. The molecule has 0 aromatic heterocycles. The van der Waals surface area contributed by atoms with Crippen LogP contribution in [0.1, 0.15) is 44.6 Å². The summed E-state index contributed by atoms with van der Waals surface area (Å²) in [5, 5.41) is 4.20. The van der Waals surface area contributed by atoms with Gasteiger partial charge in [0.15, 0.2) is 0 Å². The minimum atomic E-state index is 0.704. The fraction of sp³-hybridized carbons (Fsp3) is 0.625. The van der Waals surface area contributed by atoms with E-state index in [4.69, 9.17) is 16.3 Å². The molecule has 0 radical (unpaired) electrons. The molecule has 0 fully saturated rings. The lowest BCUT2D eigenvalue weighted by Gasteiger charge is -2.08. The van der Waals surface area contributed by atoms with E-state index in [2.05, 4.69) is 12.2 Å². The molecule has 0 atom stereocenters. The van der Waals surface area contributed by atoms with E-state index in [1.807, 2.05) is 25.1 Å². The van der Waals surface area contributed by atoms with Crippen LogP contribution < -0.4 is 10.1 Å². The molecule has 0 amide bonds. The smallest absolute Gasteiger partial charge is 0.119 e. The van der Waals surface area contributed by atoms with Gasteiger partial charge < -0.3 is 10.1 Å². The second-order valence-electron chi connectivity index (χ2n) is 4.92. The quantitative estimate of drug-likeness (QED) is 0.634. The molecule has 0 heterocycles. The third-order valence-electron chi connectivity index (χ3n) is 3.13. The zero-order chi connectivity index (χ0) is 13.9. The van der Waals surface area contributed by atoms with Gasteiger partial charge in [0.25, 0.3) is 0 Å². The number of hydrogen-bond donors (Lipinski definition) is 1. The van der Waals surface area contributed by atoms with Gasteiger partial charge in [-0.1, -0.05) is 44.2 Å². The molecule has 19 heavy (non-hydrogen) atoms. The molecule has 1 rings (SSSR count). The van der Waals surface area contributed by atoms with E-state index in [1.165, 1.54) is 32.1 Å². The van der Waals surface area contributed by atoms with Gasteiger partial charge in [-0.3, -0.25) is 0 Å². The van der Waals surface area contributed by atoms with Gasteiger partial charge in [-0.25, -0.2) is 0 Å². The lowest BCUT2D eigenvalue weighted by Crippen LogP contribution is -2.22. The Bertz CT molecular complexity index is 355. The molecule has 1 aromatic rings. The van der Waals surface area contributed by atoms with Crippen molar-refractivity contribution in [1.82, 2.24) is 5.32 Å². The van der Waals surface area contributed by atoms with Gasteiger partial charge in [-0.05, 0) is 43.7 Å². The normalized spacial score (nSPS) is 10.7. The van der Waals surface area contributed by atoms with Crippen LogP contribution in [0.5, 0.6) is 5.75 Å². The van der Waals surface area contributed by atoms with Crippen molar-refractivity contribution in [2.24, 2.45) is 0 Å². The first-order chi connectivity index (χ1) is 9.24. The molecular weight excluding hydrogens is 258 g/mol. The first-order valence-electron chi connectivity index (χ1n) is 7.33. The van der Waals surface area contributed by atoms with E-state index < -0.39 is 0 Å². The molecule has 0 aliphatic carbocycles. The van der Waals surface area contributed by atoms with Gasteiger partial charge >= 0.3 is 0 Å². The average Bonchev–Trinajstić information content (AvgIpc) is 2.41. The highest BCUT2D eigenvalue weighted by molar-refractivity contribution is 6.31. The zero-order valence-corrected chi connectivity index (χ0v) is 12.9. The number of nitrogens with one attached hydrogen (secondary N) is 1. The molecule has 108 valence electrons. The van der Waals surface area contributed by atoms with E-state index in [0.717, 1.165) is 29.4 Å². The highest BCUT2D eigenvalue weighted by atomic mass is 35.5. The summed E-state index contributed by atoms with van der Waals surface area (Å²) in [5.74, 6) is 0.895. The Kier molecular flexibility index (Phi) is 8.68. The van der Waals surface area contributed by atoms with Crippen molar-refractivity contribution in [3.05, 3.63) is 28.8 Å².